The highest BCUT2D eigenvalue weighted by Crippen LogP contribution is 2.38. The lowest BCUT2D eigenvalue weighted by molar-refractivity contribution is -0.144. The minimum absolute atomic E-state index is 0.0145. The molecular weight excluding hydrogens is 294 g/mol. The van der Waals surface area contributed by atoms with Crippen molar-refractivity contribution >= 4 is 17.3 Å². The molecule has 6 heteroatoms. The van der Waals surface area contributed by atoms with Gasteiger partial charge in [0.15, 0.2) is 0 Å². The Bertz CT molecular complexity index is 563. The van der Waals surface area contributed by atoms with Crippen LogP contribution in [0.25, 0.3) is 0 Å². The van der Waals surface area contributed by atoms with E-state index in [2.05, 4.69) is 5.32 Å². The summed E-state index contributed by atoms with van der Waals surface area (Å²) < 4.78 is 53.0. The lowest BCUT2D eigenvalue weighted by Crippen LogP contribution is -2.28. The van der Waals surface area contributed by atoms with Crippen LogP contribution in [0.3, 0.4) is 0 Å². The van der Waals surface area contributed by atoms with E-state index >= 15 is 0 Å². The Kier molecular flexibility index (Phi) is 4.18. The molecule has 0 aliphatic carbocycles. The highest BCUT2D eigenvalue weighted by atomic mass is 35.5. The largest absolute Gasteiger partial charge is 0.412 e. The Balaban J connectivity index is 2.40. The maximum Gasteiger partial charge on any atom is 0.412 e. The molecule has 0 aliphatic rings. The maximum absolute atomic E-state index is 13.6. The second kappa shape index (κ2) is 5.71. The fourth-order valence-electron chi connectivity index (χ4n) is 1.78. The molecule has 0 heterocycles. The van der Waals surface area contributed by atoms with Crippen LogP contribution in [0, 0.1) is 5.82 Å². The Morgan fingerprint density at radius 1 is 0.950 bits per heavy atom. The summed E-state index contributed by atoms with van der Waals surface area (Å²) >= 11 is 5.74. The smallest absolute Gasteiger partial charge is 0.367 e. The first-order chi connectivity index (χ1) is 9.39. The zero-order valence-electron chi connectivity index (χ0n) is 10.1. The average Bonchev–Trinajstić information content (AvgIpc) is 2.38. The molecule has 0 aromatic heterocycles. The summed E-state index contributed by atoms with van der Waals surface area (Å²) in [6.07, 6.45) is -4.58. The monoisotopic (exact) mass is 303 g/mol. The fourth-order valence-corrected chi connectivity index (χ4v) is 2.00. The van der Waals surface area contributed by atoms with Gasteiger partial charge < -0.3 is 5.32 Å². The SMILES string of the molecule is Fc1cccc(Cl)c1NC(c1ccccc1)C(F)(F)F. The van der Waals surface area contributed by atoms with Gasteiger partial charge >= 0.3 is 6.18 Å². The first kappa shape index (κ1) is 14.7. The minimum Gasteiger partial charge on any atom is -0.367 e. The van der Waals surface area contributed by atoms with Gasteiger partial charge in [0.2, 0.25) is 0 Å². The third kappa shape index (κ3) is 3.22. The number of anilines is 1. The van der Waals surface area contributed by atoms with Crippen LogP contribution in [0.5, 0.6) is 0 Å². The predicted molar refractivity (Wildman–Crippen MR) is 70.3 cm³/mol. The molecule has 0 spiro atoms. The molecule has 1 nitrogen and oxygen atoms in total. The second-order valence-electron chi connectivity index (χ2n) is 4.13. The Morgan fingerprint density at radius 2 is 1.60 bits per heavy atom. The summed E-state index contributed by atoms with van der Waals surface area (Å²) in [5, 5.41) is 2.04. The highest BCUT2D eigenvalue weighted by Gasteiger charge is 2.41. The van der Waals surface area contributed by atoms with E-state index in [9.17, 15) is 17.6 Å². The number of hydrogen-bond donors (Lipinski definition) is 1. The Morgan fingerprint density at radius 3 is 2.15 bits per heavy atom. The lowest BCUT2D eigenvalue weighted by atomic mass is 10.1. The van der Waals surface area contributed by atoms with E-state index in [0.29, 0.717) is 0 Å². The molecule has 1 unspecified atom stereocenters. The average molecular weight is 304 g/mol. The predicted octanol–water partition coefficient (Wildman–Crippen LogP) is 5.19. The topological polar surface area (TPSA) is 12.0 Å². The normalized spacial score (nSPS) is 13.1. The van der Waals surface area contributed by atoms with Gasteiger partial charge in [-0.05, 0) is 17.7 Å². The summed E-state index contributed by atoms with van der Waals surface area (Å²) in [5.41, 5.74) is -0.375. The van der Waals surface area contributed by atoms with Crippen LogP contribution < -0.4 is 5.32 Å². The number of rotatable bonds is 3. The van der Waals surface area contributed by atoms with Gasteiger partial charge in [0.25, 0.3) is 0 Å². The van der Waals surface area contributed by atoms with Gasteiger partial charge in [-0.15, -0.1) is 0 Å². The van der Waals surface area contributed by atoms with E-state index in [1.807, 2.05) is 0 Å². The first-order valence-corrected chi connectivity index (χ1v) is 6.09. The molecule has 0 saturated carbocycles. The van der Waals surface area contributed by atoms with Crippen molar-refractivity contribution in [1.82, 2.24) is 0 Å². The third-order valence-corrected chi connectivity index (χ3v) is 3.03. The zero-order valence-corrected chi connectivity index (χ0v) is 10.8. The second-order valence-corrected chi connectivity index (χ2v) is 4.53. The molecule has 1 atom stereocenters. The van der Waals surface area contributed by atoms with Crippen LogP contribution in [-0.2, 0) is 0 Å². The van der Waals surface area contributed by atoms with Gasteiger partial charge in [0, 0.05) is 0 Å². The molecule has 2 aromatic carbocycles. The van der Waals surface area contributed by atoms with Gasteiger partial charge in [-0.25, -0.2) is 4.39 Å². The number of benzene rings is 2. The number of para-hydroxylation sites is 1. The van der Waals surface area contributed by atoms with Gasteiger partial charge in [-0.3, -0.25) is 0 Å². The van der Waals surface area contributed by atoms with Gasteiger partial charge in [0.1, 0.15) is 11.9 Å². The Labute approximate surface area is 118 Å². The maximum atomic E-state index is 13.6. The summed E-state index contributed by atoms with van der Waals surface area (Å²) in [6, 6.07) is 8.88. The van der Waals surface area contributed by atoms with Crippen LogP contribution in [0.15, 0.2) is 48.5 Å². The molecular formula is C14H10ClF4N. The standard InChI is InChI=1S/C14H10ClF4N/c15-10-7-4-8-11(16)12(10)20-13(14(17,18)19)9-5-2-1-3-6-9/h1-8,13,20H. The van der Waals surface area contributed by atoms with Crippen molar-refractivity contribution in [3.63, 3.8) is 0 Å². The van der Waals surface area contributed by atoms with Gasteiger partial charge in [-0.2, -0.15) is 13.2 Å². The summed E-state index contributed by atoms with van der Waals surface area (Å²) in [4.78, 5) is 0. The molecule has 0 fully saturated rings. The van der Waals surface area contributed by atoms with E-state index in [0.717, 1.165) is 6.07 Å². The van der Waals surface area contributed by atoms with E-state index in [1.54, 1.807) is 6.07 Å². The molecule has 0 bridgehead atoms. The fraction of sp³-hybridized carbons (Fsp3) is 0.143. The summed E-state index contributed by atoms with van der Waals surface area (Å²) in [6.45, 7) is 0. The molecule has 1 N–H and O–H groups in total. The van der Waals surface area contributed by atoms with Crippen molar-refractivity contribution in [2.75, 3.05) is 5.32 Å². The van der Waals surface area contributed by atoms with E-state index < -0.39 is 18.0 Å². The summed E-state index contributed by atoms with van der Waals surface area (Å²) in [7, 11) is 0. The van der Waals surface area contributed by atoms with Crippen molar-refractivity contribution in [1.29, 1.82) is 0 Å². The lowest BCUT2D eigenvalue weighted by Gasteiger charge is -2.23. The molecule has 2 aromatic rings. The van der Waals surface area contributed by atoms with Crippen LogP contribution in [0.2, 0.25) is 5.02 Å². The number of hydrogen-bond acceptors (Lipinski definition) is 1. The van der Waals surface area contributed by atoms with E-state index in [-0.39, 0.29) is 16.3 Å². The zero-order chi connectivity index (χ0) is 14.8. The van der Waals surface area contributed by atoms with Crippen molar-refractivity contribution in [3.8, 4) is 0 Å². The highest BCUT2D eigenvalue weighted by molar-refractivity contribution is 6.33. The van der Waals surface area contributed by atoms with Crippen molar-refractivity contribution in [3.05, 3.63) is 64.9 Å². The van der Waals surface area contributed by atoms with Gasteiger partial charge in [0.05, 0.1) is 10.7 Å². The van der Waals surface area contributed by atoms with E-state index in [4.69, 9.17) is 11.6 Å². The number of alkyl halides is 3. The Hall–Kier alpha value is -1.75. The number of halogens is 5. The summed E-state index contributed by atoms with van der Waals surface area (Å²) in [5.74, 6) is -0.831. The van der Waals surface area contributed by atoms with Crippen molar-refractivity contribution < 1.29 is 17.6 Å². The van der Waals surface area contributed by atoms with E-state index in [1.165, 1.54) is 36.4 Å². The van der Waals surface area contributed by atoms with Crippen LogP contribution in [-0.4, -0.2) is 6.18 Å². The molecule has 0 aliphatic heterocycles. The number of nitrogens with one attached hydrogen (secondary N) is 1. The van der Waals surface area contributed by atoms with Crippen molar-refractivity contribution in [2.45, 2.75) is 12.2 Å². The molecule has 0 saturated heterocycles. The van der Waals surface area contributed by atoms with Gasteiger partial charge in [-0.1, -0.05) is 48.0 Å². The van der Waals surface area contributed by atoms with Crippen LogP contribution >= 0.6 is 11.6 Å². The molecule has 0 radical (unpaired) electrons. The molecule has 2 rings (SSSR count). The van der Waals surface area contributed by atoms with Crippen LogP contribution in [0.4, 0.5) is 23.2 Å². The molecule has 0 amide bonds. The van der Waals surface area contributed by atoms with Crippen molar-refractivity contribution in [2.24, 2.45) is 0 Å². The van der Waals surface area contributed by atoms with Crippen LogP contribution in [0.1, 0.15) is 11.6 Å². The first-order valence-electron chi connectivity index (χ1n) is 5.72. The molecule has 20 heavy (non-hydrogen) atoms. The third-order valence-electron chi connectivity index (χ3n) is 2.71. The quantitative estimate of drug-likeness (QED) is 0.769. The molecule has 106 valence electrons. The minimum atomic E-state index is -4.58.